The van der Waals surface area contributed by atoms with Crippen molar-refractivity contribution in [2.24, 2.45) is 4.99 Å². The molecule has 0 radical (unpaired) electrons. The van der Waals surface area contributed by atoms with E-state index in [4.69, 9.17) is 4.74 Å². The van der Waals surface area contributed by atoms with Gasteiger partial charge in [-0.05, 0) is 46.0 Å². The quantitative estimate of drug-likeness (QED) is 0.282. The van der Waals surface area contributed by atoms with Crippen LogP contribution in [0.15, 0.2) is 17.1 Å². The van der Waals surface area contributed by atoms with E-state index in [0.717, 1.165) is 12.8 Å². The van der Waals surface area contributed by atoms with Crippen molar-refractivity contribution in [2.75, 3.05) is 6.61 Å². The van der Waals surface area contributed by atoms with E-state index in [-0.39, 0.29) is 5.54 Å². The molecule has 1 N–H and O–H groups in total. The lowest BCUT2D eigenvalue weighted by molar-refractivity contribution is 0.180. The van der Waals surface area contributed by atoms with E-state index in [1.165, 1.54) is 70.6 Å². The smallest absolute Gasteiger partial charge is 0.213 e. The van der Waals surface area contributed by atoms with Crippen LogP contribution < -0.4 is 0 Å². The van der Waals surface area contributed by atoms with E-state index in [1.807, 2.05) is 13.8 Å². The molecule has 0 bridgehead atoms. The van der Waals surface area contributed by atoms with Gasteiger partial charge in [-0.15, -0.1) is 0 Å². The summed E-state index contributed by atoms with van der Waals surface area (Å²) in [5, 5.41) is 10.1. The van der Waals surface area contributed by atoms with Gasteiger partial charge in [0.1, 0.15) is 12.7 Å². The Morgan fingerprint density at radius 2 is 1.52 bits per heavy atom. The van der Waals surface area contributed by atoms with Crippen LogP contribution in [0.1, 0.15) is 104 Å². The number of aliphatic imine (C=N–C) groups is 1. The van der Waals surface area contributed by atoms with Crippen LogP contribution in [-0.4, -0.2) is 29.3 Å². The molecular formula is C22H41NO2. The van der Waals surface area contributed by atoms with Crippen LogP contribution in [0.5, 0.6) is 0 Å². The summed E-state index contributed by atoms with van der Waals surface area (Å²) >= 11 is 0. The number of ether oxygens (including phenoxy) is 1. The zero-order chi connectivity index (χ0) is 18.4. The summed E-state index contributed by atoms with van der Waals surface area (Å²) in [5.41, 5.74) is -0.168. The molecule has 25 heavy (non-hydrogen) atoms. The number of aliphatic hydroxyl groups is 1. The lowest BCUT2D eigenvalue weighted by Crippen LogP contribution is -2.20. The van der Waals surface area contributed by atoms with Crippen LogP contribution in [0.4, 0.5) is 0 Å². The third-order valence-corrected chi connectivity index (χ3v) is 4.76. The minimum absolute atomic E-state index is 0.168. The Morgan fingerprint density at radius 3 is 2.08 bits per heavy atom. The summed E-state index contributed by atoms with van der Waals surface area (Å²) in [7, 11) is 0. The molecule has 1 atom stereocenters. The molecule has 0 amide bonds. The predicted octanol–water partition coefficient (Wildman–Crippen LogP) is 6.20. The Labute approximate surface area is 156 Å². The van der Waals surface area contributed by atoms with Gasteiger partial charge >= 0.3 is 0 Å². The van der Waals surface area contributed by atoms with Gasteiger partial charge in [-0.2, -0.15) is 0 Å². The van der Waals surface area contributed by atoms with Crippen molar-refractivity contribution in [3.8, 4) is 0 Å². The molecule has 0 saturated heterocycles. The van der Waals surface area contributed by atoms with Gasteiger partial charge in [0.15, 0.2) is 0 Å². The first-order valence-electron chi connectivity index (χ1n) is 10.6. The van der Waals surface area contributed by atoms with Crippen LogP contribution >= 0.6 is 0 Å². The molecule has 0 aromatic rings. The number of nitrogens with zero attached hydrogens (tertiary/aromatic N) is 1. The highest BCUT2D eigenvalue weighted by atomic mass is 16.5. The second-order valence-electron chi connectivity index (χ2n) is 8.09. The topological polar surface area (TPSA) is 41.8 Å². The normalized spacial score (nSPS) is 17.7. The van der Waals surface area contributed by atoms with Gasteiger partial charge in [0.05, 0.1) is 5.54 Å². The second kappa shape index (κ2) is 13.4. The van der Waals surface area contributed by atoms with Gasteiger partial charge in [-0.1, -0.05) is 70.4 Å². The van der Waals surface area contributed by atoms with Crippen molar-refractivity contribution in [2.45, 2.75) is 116 Å². The summed E-state index contributed by atoms with van der Waals surface area (Å²) in [6.07, 6.45) is 20.4. The second-order valence-corrected chi connectivity index (χ2v) is 8.09. The molecule has 1 unspecified atom stereocenters. The van der Waals surface area contributed by atoms with Crippen LogP contribution in [0.25, 0.3) is 0 Å². The Hall–Kier alpha value is -0.830. The van der Waals surface area contributed by atoms with E-state index < -0.39 is 6.10 Å². The highest BCUT2D eigenvalue weighted by Crippen LogP contribution is 2.20. The van der Waals surface area contributed by atoms with Crippen molar-refractivity contribution in [3.63, 3.8) is 0 Å². The molecule has 146 valence electrons. The Balaban J connectivity index is 1.88. The van der Waals surface area contributed by atoms with Gasteiger partial charge in [0.2, 0.25) is 5.90 Å². The van der Waals surface area contributed by atoms with Crippen molar-refractivity contribution in [1.29, 1.82) is 0 Å². The van der Waals surface area contributed by atoms with Gasteiger partial charge in [0, 0.05) is 0 Å². The van der Waals surface area contributed by atoms with Crippen LogP contribution in [-0.2, 0) is 4.74 Å². The van der Waals surface area contributed by atoms with Crippen LogP contribution in [0.3, 0.4) is 0 Å². The molecule has 0 fully saturated rings. The highest BCUT2D eigenvalue weighted by Gasteiger charge is 2.29. The molecule has 0 saturated carbocycles. The first-order valence-corrected chi connectivity index (χ1v) is 10.6. The number of hydrogen-bond donors (Lipinski definition) is 1. The van der Waals surface area contributed by atoms with Gasteiger partial charge < -0.3 is 9.84 Å². The molecule has 0 aliphatic carbocycles. The van der Waals surface area contributed by atoms with Gasteiger partial charge in [-0.25, -0.2) is 4.99 Å². The average Bonchev–Trinajstić information content (AvgIpc) is 2.95. The molecular weight excluding hydrogens is 310 g/mol. The zero-order valence-corrected chi connectivity index (χ0v) is 16.9. The summed E-state index contributed by atoms with van der Waals surface area (Å²) < 4.78 is 5.49. The zero-order valence-electron chi connectivity index (χ0n) is 16.9. The van der Waals surface area contributed by atoms with E-state index in [0.29, 0.717) is 12.5 Å². The molecule has 0 aromatic carbocycles. The SMILES string of the molecule is CCCCCCCC/C=C/CCCCCCC(O)C1=NC(C)(C)CO1. The fourth-order valence-electron chi connectivity index (χ4n) is 3.14. The highest BCUT2D eigenvalue weighted by molar-refractivity contribution is 5.82. The largest absolute Gasteiger partial charge is 0.477 e. The lowest BCUT2D eigenvalue weighted by Gasteiger charge is -2.09. The van der Waals surface area contributed by atoms with Crippen LogP contribution in [0, 0.1) is 0 Å². The summed E-state index contributed by atoms with van der Waals surface area (Å²) in [6.45, 7) is 6.92. The molecule has 1 heterocycles. The maximum absolute atomic E-state index is 10.1. The molecule has 3 heteroatoms. The Morgan fingerprint density at radius 1 is 0.960 bits per heavy atom. The van der Waals surface area contributed by atoms with Crippen molar-refractivity contribution < 1.29 is 9.84 Å². The van der Waals surface area contributed by atoms with Crippen molar-refractivity contribution in [1.82, 2.24) is 0 Å². The molecule has 1 rings (SSSR count). The number of allylic oxidation sites excluding steroid dienone is 2. The Kier molecular flexibility index (Phi) is 11.9. The Bertz CT molecular complexity index is 387. The predicted molar refractivity (Wildman–Crippen MR) is 108 cm³/mol. The summed E-state index contributed by atoms with van der Waals surface area (Å²) in [4.78, 5) is 4.44. The van der Waals surface area contributed by atoms with Gasteiger partial charge in [-0.3, -0.25) is 0 Å². The number of hydrogen-bond acceptors (Lipinski definition) is 3. The standard InChI is InChI=1S/C22H41NO2/c1-4-5-6-7-8-9-10-11-12-13-14-15-16-17-18-20(24)21-23-22(2,3)19-25-21/h11-12,20,24H,4-10,13-19H2,1-3H3/b12-11+. The first kappa shape index (κ1) is 22.2. The first-order chi connectivity index (χ1) is 12.0. The minimum atomic E-state index is -0.515. The van der Waals surface area contributed by atoms with Crippen LogP contribution in [0.2, 0.25) is 0 Å². The third-order valence-electron chi connectivity index (χ3n) is 4.76. The minimum Gasteiger partial charge on any atom is -0.477 e. The molecule has 0 spiro atoms. The van der Waals surface area contributed by atoms with E-state index in [2.05, 4.69) is 24.1 Å². The van der Waals surface area contributed by atoms with E-state index in [1.54, 1.807) is 0 Å². The number of unbranched alkanes of at least 4 members (excludes halogenated alkanes) is 10. The molecule has 1 aliphatic rings. The lowest BCUT2D eigenvalue weighted by atomic mass is 10.1. The van der Waals surface area contributed by atoms with Gasteiger partial charge in [0.25, 0.3) is 0 Å². The maximum atomic E-state index is 10.1. The van der Waals surface area contributed by atoms with Crippen molar-refractivity contribution >= 4 is 5.90 Å². The summed E-state index contributed by atoms with van der Waals surface area (Å²) in [5.74, 6) is 0.544. The monoisotopic (exact) mass is 351 g/mol. The average molecular weight is 352 g/mol. The fourth-order valence-corrected chi connectivity index (χ4v) is 3.14. The molecule has 1 aliphatic heterocycles. The van der Waals surface area contributed by atoms with E-state index in [9.17, 15) is 5.11 Å². The van der Waals surface area contributed by atoms with Crippen molar-refractivity contribution in [3.05, 3.63) is 12.2 Å². The number of aliphatic hydroxyl groups excluding tert-OH is 1. The maximum Gasteiger partial charge on any atom is 0.213 e. The summed E-state index contributed by atoms with van der Waals surface area (Å²) in [6, 6.07) is 0. The molecule has 0 aromatic heterocycles. The van der Waals surface area contributed by atoms with E-state index >= 15 is 0 Å². The number of rotatable bonds is 15. The molecule has 3 nitrogen and oxygen atoms in total. The fraction of sp³-hybridized carbons (Fsp3) is 0.864. The third kappa shape index (κ3) is 11.4.